The van der Waals surface area contributed by atoms with Gasteiger partial charge in [-0.25, -0.2) is 4.39 Å². The van der Waals surface area contributed by atoms with Crippen LogP contribution in [0.3, 0.4) is 0 Å². The molecule has 1 aliphatic carbocycles. The summed E-state index contributed by atoms with van der Waals surface area (Å²) >= 11 is 0. The molecule has 1 aliphatic rings. The molecule has 0 radical (unpaired) electrons. The molecular weight excluding hydrogens is 227 g/mol. The zero-order valence-electron chi connectivity index (χ0n) is 11.3. The Morgan fingerprint density at radius 1 is 1.39 bits per heavy atom. The minimum atomic E-state index is -0.318. The fraction of sp³-hybridized carbons (Fsp3) is 0.625. The fourth-order valence-corrected chi connectivity index (χ4v) is 3.09. The average molecular weight is 250 g/mol. The van der Waals surface area contributed by atoms with Gasteiger partial charge in [0.15, 0.2) is 0 Å². The van der Waals surface area contributed by atoms with Gasteiger partial charge in [-0.05, 0) is 61.3 Å². The Morgan fingerprint density at radius 2 is 2.17 bits per heavy atom. The minimum Gasteiger partial charge on any atom is -0.392 e. The Morgan fingerprint density at radius 3 is 2.83 bits per heavy atom. The number of hydrogen-bond acceptors (Lipinski definition) is 1. The summed E-state index contributed by atoms with van der Waals surface area (Å²) in [5, 5.41) is 10.3. The molecule has 2 rings (SSSR count). The zero-order valence-corrected chi connectivity index (χ0v) is 11.3. The van der Waals surface area contributed by atoms with Crippen molar-refractivity contribution in [3.05, 3.63) is 35.1 Å². The van der Waals surface area contributed by atoms with Gasteiger partial charge in [-0.3, -0.25) is 0 Å². The lowest BCUT2D eigenvalue weighted by Gasteiger charge is -2.19. The van der Waals surface area contributed by atoms with Gasteiger partial charge >= 0.3 is 0 Å². The van der Waals surface area contributed by atoms with E-state index in [0.29, 0.717) is 12.3 Å². The number of aliphatic hydroxyl groups excluding tert-OH is 1. The van der Waals surface area contributed by atoms with E-state index in [1.54, 1.807) is 12.1 Å². The van der Waals surface area contributed by atoms with Crippen molar-refractivity contribution in [3.8, 4) is 0 Å². The largest absolute Gasteiger partial charge is 0.392 e. The summed E-state index contributed by atoms with van der Waals surface area (Å²) in [6.45, 7) is 4.20. The third-order valence-corrected chi connectivity index (χ3v) is 4.44. The summed E-state index contributed by atoms with van der Waals surface area (Å²) in [5.74, 6) is 0.969. The van der Waals surface area contributed by atoms with Gasteiger partial charge in [0.05, 0.1) is 6.10 Å². The van der Waals surface area contributed by atoms with Gasteiger partial charge in [0.25, 0.3) is 0 Å². The van der Waals surface area contributed by atoms with E-state index >= 15 is 0 Å². The molecule has 0 bridgehead atoms. The van der Waals surface area contributed by atoms with Crippen molar-refractivity contribution in [1.82, 2.24) is 0 Å². The van der Waals surface area contributed by atoms with Crippen LogP contribution in [0.2, 0.25) is 0 Å². The lowest BCUT2D eigenvalue weighted by atomic mass is 9.92. The number of aryl methyl sites for hydroxylation is 1. The molecule has 3 atom stereocenters. The smallest absolute Gasteiger partial charge is 0.123 e. The van der Waals surface area contributed by atoms with E-state index in [1.807, 2.05) is 6.92 Å². The summed E-state index contributed by atoms with van der Waals surface area (Å²) in [4.78, 5) is 0. The van der Waals surface area contributed by atoms with Crippen molar-refractivity contribution in [1.29, 1.82) is 0 Å². The third-order valence-electron chi connectivity index (χ3n) is 4.44. The summed E-state index contributed by atoms with van der Waals surface area (Å²) in [6, 6.07) is 4.83. The summed E-state index contributed by atoms with van der Waals surface area (Å²) in [6.07, 6.45) is 4.97. The number of hydrogen-bond donors (Lipinski definition) is 1. The number of rotatable bonds is 4. The van der Waals surface area contributed by atoms with Gasteiger partial charge in [-0.2, -0.15) is 0 Å². The highest BCUT2D eigenvalue weighted by Gasteiger charge is 2.29. The molecule has 1 nitrogen and oxygen atoms in total. The molecule has 1 aromatic rings. The van der Waals surface area contributed by atoms with E-state index in [-0.39, 0.29) is 11.9 Å². The van der Waals surface area contributed by atoms with E-state index in [4.69, 9.17) is 0 Å². The van der Waals surface area contributed by atoms with Crippen molar-refractivity contribution < 1.29 is 9.50 Å². The maximum Gasteiger partial charge on any atom is 0.123 e. The number of benzene rings is 1. The van der Waals surface area contributed by atoms with Gasteiger partial charge in [0.1, 0.15) is 5.82 Å². The molecule has 0 amide bonds. The molecule has 1 fully saturated rings. The maximum atomic E-state index is 13.2. The van der Waals surface area contributed by atoms with Crippen molar-refractivity contribution in [2.75, 3.05) is 0 Å². The van der Waals surface area contributed by atoms with E-state index in [2.05, 4.69) is 6.92 Å². The lowest BCUT2D eigenvalue weighted by molar-refractivity contribution is 0.108. The summed E-state index contributed by atoms with van der Waals surface area (Å²) < 4.78 is 13.2. The molecule has 0 saturated heterocycles. The lowest BCUT2D eigenvalue weighted by Crippen LogP contribution is -2.21. The van der Waals surface area contributed by atoms with E-state index < -0.39 is 0 Å². The van der Waals surface area contributed by atoms with Crippen LogP contribution < -0.4 is 0 Å². The fourth-order valence-electron chi connectivity index (χ4n) is 3.09. The summed E-state index contributed by atoms with van der Waals surface area (Å²) in [5.41, 5.74) is 2.02. The first-order chi connectivity index (χ1) is 8.60. The van der Waals surface area contributed by atoms with Crippen LogP contribution in [0.25, 0.3) is 0 Å². The molecule has 2 heteroatoms. The highest BCUT2D eigenvalue weighted by atomic mass is 19.1. The van der Waals surface area contributed by atoms with Crippen LogP contribution in [0.5, 0.6) is 0 Å². The van der Waals surface area contributed by atoms with E-state index in [0.717, 1.165) is 29.9 Å². The van der Waals surface area contributed by atoms with Gasteiger partial charge in [-0.15, -0.1) is 0 Å². The van der Waals surface area contributed by atoms with Crippen LogP contribution in [0.15, 0.2) is 18.2 Å². The van der Waals surface area contributed by atoms with Crippen LogP contribution in [0.4, 0.5) is 4.39 Å². The van der Waals surface area contributed by atoms with E-state index in [9.17, 15) is 9.50 Å². The van der Waals surface area contributed by atoms with Crippen LogP contribution in [-0.2, 0) is 6.42 Å². The molecule has 3 unspecified atom stereocenters. The molecule has 0 aromatic heterocycles. The Labute approximate surface area is 109 Å². The molecule has 1 N–H and O–H groups in total. The maximum absolute atomic E-state index is 13.2. The van der Waals surface area contributed by atoms with Crippen LogP contribution in [0, 0.1) is 24.6 Å². The van der Waals surface area contributed by atoms with Crippen molar-refractivity contribution >= 4 is 0 Å². The highest BCUT2D eigenvalue weighted by molar-refractivity contribution is 5.27. The SMILES string of the molecule is CCC1CCC(C(O)Cc2cc(F)ccc2C)C1. The normalized spacial score (nSPS) is 25.3. The Kier molecular flexibility index (Phi) is 4.39. The quantitative estimate of drug-likeness (QED) is 0.860. The topological polar surface area (TPSA) is 20.2 Å². The van der Waals surface area contributed by atoms with E-state index in [1.165, 1.54) is 18.9 Å². The van der Waals surface area contributed by atoms with Crippen LogP contribution in [-0.4, -0.2) is 11.2 Å². The first kappa shape index (κ1) is 13.5. The first-order valence-corrected chi connectivity index (χ1v) is 7.03. The van der Waals surface area contributed by atoms with Crippen LogP contribution >= 0.6 is 0 Å². The minimum absolute atomic E-state index is 0.208. The molecular formula is C16H23FO. The van der Waals surface area contributed by atoms with Crippen molar-refractivity contribution in [3.63, 3.8) is 0 Å². The Hall–Kier alpha value is -0.890. The average Bonchev–Trinajstić information content (AvgIpc) is 2.82. The molecule has 100 valence electrons. The Bertz CT molecular complexity index is 402. The van der Waals surface area contributed by atoms with Gasteiger partial charge < -0.3 is 5.11 Å². The second kappa shape index (κ2) is 5.83. The van der Waals surface area contributed by atoms with Gasteiger partial charge in [0.2, 0.25) is 0 Å². The molecule has 0 aliphatic heterocycles. The molecule has 18 heavy (non-hydrogen) atoms. The molecule has 0 spiro atoms. The Balaban J connectivity index is 1.98. The number of halogens is 1. The predicted molar refractivity (Wildman–Crippen MR) is 72.0 cm³/mol. The highest BCUT2D eigenvalue weighted by Crippen LogP contribution is 2.35. The molecule has 0 heterocycles. The molecule has 1 saturated carbocycles. The first-order valence-electron chi connectivity index (χ1n) is 7.03. The standard InChI is InChI=1S/C16H23FO/c1-3-12-5-6-13(8-12)16(18)10-14-9-15(17)7-4-11(14)2/h4,7,9,12-13,16,18H,3,5-6,8,10H2,1-2H3. The summed E-state index contributed by atoms with van der Waals surface area (Å²) in [7, 11) is 0. The second-order valence-corrected chi connectivity index (χ2v) is 5.69. The van der Waals surface area contributed by atoms with Gasteiger partial charge in [-0.1, -0.05) is 25.8 Å². The monoisotopic (exact) mass is 250 g/mol. The second-order valence-electron chi connectivity index (χ2n) is 5.69. The number of aliphatic hydroxyl groups is 1. The zero-order chi connectivity index (χ0) is 13.1. The van der Waals surface area contributed by atoms with Crippen molar-refractivity contribution in [2.24, 2.45) is 11.8 Å². The van der Waals surface area contributed by atoms with Crippen molar-refractivity contribution in [2.45, 2.75) is 52.1 Å². The third kappa shape index (κ3) is 3.11. The van der Waals surface area contributed by atoms with Gasteiger partial charge in [0, 0.05) is 0 Å². The van der Waals surface area contributed by atoms with Crippen LogP contribution in [0.1, 0.15) is 43.7 Å². The molecule has 1 aromatic carbocycles. The predicted octanol–water partition coefficient (Wildman–Crippen LogP) is 3.86.